The second kappa shape index (κ2) is 18.4. The zero-order valence-electron chi connectivity index (χ0n) is 30.4. The third-order valence-corrected chi connectivity index (χ3v) is 9.22. The number of halogens is 1. The van der Waals surface area contributed by atoms with Crippen molar-refractivity contribution in [2.75, 3.05) is 32.8 Å². The Bertz CT molecular complexity index is 1920. The van der Waals surface area contributed by atoms with Crippen LogP contribution in [0, 0.1) is 27.7 Å². The molecule has 1 aliphatic heterocycles. The Morgan fingerprint density at radius 3 is 2.10 bits per heavy atom. The maximum Gasteiger partial charge on any atom is 0.246 e. The van der Waals surface area contributed by atoms with Crippen LogP contribution in [0.5, 0.6) is 23.1 Å². The van der Waals surface area contributed by atoms with Gasteiger partial charge in [-0.1, -0.05) is 30.3 Å². The summed E-state index contributed by atoms with van der Waals surface area (Å²) in [4.78, 5) is 25.9. The summed E-state index contributed by atoms with van der Waals surface area (Å²) in [6.45, 7) is 13.3. The molecule has 1 aliphatic rings. The molecular formula is C43H47ClN4O4. The number of carbonyl (C=O) groups is 1. The molecule has 270 valence electrons. The second-order valence-electron chi connectivity index (χ2n) is 13.2. The first kappa shape index (κ1) is 38.1. The summed E-state index contributed by atoms with van der Waals surface area (Å²) in [5, 5.41) is 0. The van der Waals surface area contributed by atoms with Crippen molar-refractivity contribution in [2.45, 2.75) is 47.3 Å². The van der Waals surface area contributed by atoms with Crippen LogP contribution in [0.4, 0.5) is 0 Å². The summed E-state index contributed by atoms with van der Waals surface area (Å²) in [6, 6.07) is 26.6. The van der Waals surface area contributed by atoms with E-state index in [0.717, 1.165) is 59.8 Å². The minimum atomic E-state index is 0. The molecule has 0 saturated carbocycles. The molecule has 2 aromatic heterocycles. The highest BCUT2D eigenvalue weighted by molar-refractivity contribution is 5.92. The molecule has 8 nitrogen and oxygen atoms in total. The van der Waals surface area contributed by atoms with Gasteiger partial charge in [-0.05, 0) is 121 Å². The van der Waals surface area contributed by atoms with Gasteiger partial charge in [0.05, 0.1) is 12.8 Å². The van der Waals surface area contributed by atoms with Gasteiger partial charge in [0.1, 0.15) is 23.9 Å². The van der Waals surface area contributed by atoms with Crippen LogP contribution in [0.1, 0.15) is 44.5 Å². The summed E-state index contributed by atoms with van der Waals surface area (Å²) in [5.74, 6) is 2.87. The number of benzene rings is 3. The number of nitrogens with zero attached hydrogens (tertiary/aromatic N) is 4. The highest BCUT2D eigenvalue weighted by atomic mass is 35.5. The van der Waals surface area contributed by atoms with E-state index in [4.69, 9.17) is 14.2 Å². The van der Waals surface area contributed by atoms with E-state index in [-0.39, 0.29) is 18.3 Å². The fraction of sp³-hybridized carbons (Fsp3) is 0.279. The predicted molar refractivity (Wildman–Crippen MR) is 208 cm³/mol. The Morgan fingerprint density at radius 2 is 1.42 bits per heavy atom. The Kier molecular flexibility index (Phi) is 13.4. The zero-order chi connectivity index (χ0) is 35.6. The fourth-order valence-corrected chi connectivity index (χ4v) is 6.06. The lowest BCUT2D eigenvalue weighted by atomic mass is 10.1. The molecule has 52 heavy (non-hydrogen) atoms. The standard InChI is InChI=1S/C43H46N4O4.ClH/c1-31-5-11-39(27-32(31)2)49-24-17-35-6-8-36(9-7-35)29-46-20-22-47(23-21-46)42(48)14-10-38-25-33(3)43(34(4)26-38)51-41-13-12-40(28-45-41)50-30-37-15-18-44-19-16-37;/h5-16,18-19,25-28H,17,20-24,29-30H2,1-4H3;1H/b14-10+;. The minimum Gasteiger partial charge on any atom is -0.493 e. The lowest BCUT2D eigenvalue weighted by Crippen LogP contribution is -2.47. The molecule has 6 rings (SSSR count). The number of rotatable bonds is 13. The molecule has 1 fully saturated rings. The Hall–Kier alpha value is -5.18. The van der Waals surface area contributed by atoms with Gasteiger partial charge in [0, 0.05) is 63.7 Å². The number of carbonyl (C=O) groups excluding carboxylic acids is 1. The number of amides is 1. The van der Waals surface area contributed by atoms with Gasteiger partial charge in [0.25, 0.3) is 0 Å². The Balaban J connectivity index is 0.00000523. The molecule has 3 heterocycles. The summed E-state index contributed by atoms with van der Waals surface area (Å²) >= 11 is 0. The molecule has 5 aromatic rings. The van der Waals surface area contributed by atoms with Crippen LogP contribution in [0.2, 0.25) is 0 Å². The van der Waals surface area contributed by atoms with E-state index in [9.17, 15) is 4.79 Å². The smallest absolute Gasteiger partial charge is 0.246 e. The average Bonchev–Trinajstić information content (AvgIpc) is 3.14. The lowest BCUT2D eigenvalue weighted by molar-refractivity contribution is -0.127. The van der Waals surface area contributed by atoms with Crippen molar-refractivity contribution in [3.63, 3.8) is 0 Å². The van der Waals surface area contributed by atoms with Gasteiger partial charge in [-0.15, -0.1) is 12.4 Å². The molecule has 1 saturated heterocycles. The summed E-state index contributed by atoms with van der Waals surface area (Å²) in [5.41, 5.74) is 9.00. The van der Waals surface area contributed by atoms with Crippen LogP contribution in [0.3, 0.4) is 0 Å². The molecule has 3 aromatic carbocycles. The van der Waals surface area contributed by atoms with Crippen molar-refractivity contribution in [1.82, 2.24) is 19.8 Å². The Morgan fingerprint density at radius 1 is 0.731 bits per heavy atom. The number of hydrogen-bond acceptors (Lipinski definition) is 7. The second-order valence-corrected chi connectivity index (χ2v) is 13.2. The number of pyridine rings is 2. The number of piperazine rings is 1. The summed E-state index contributed by atoms with van der Waals surface area (Å²) < 4.78 is 17.9. The third kappa shape index (κ3) is 10.7. The van der Waals surface area contributed by atoms with E-state index in [2.05, 4.69) is 65.1 Å². The fourth-order valence-electron chi connectivity index (χ4n) is 6.06. The maximum atomic E-state index is 13.1. The van der Waals surface area contributed by atoms with Crippen molar-refractivity contribution in [1.29, 1.82) is 0 Å². The average molecular weight is 719 g/mol. The topological polar surface area (TPSA) is 77.0 Å². The van der Waals surface area contributed by atoms with Crippen molar-refractivity contribution in [2.24, 2.45) is 0 Å². The molecule has 0 atom stereocenters. The zero-order valence-corrected chi connectivity index (χ0v) is 31.2. The third-order valence-electron chi connectivity index (χ3n) is 9.22. The van der Waals surface area contributed by atoms with Gasteiger partial charge in [-0.3, -0.25) is 14.7 Å². The van der Waals surface area contributed by atoms with Crippen molar-refractivity contribution in [3.05, 3.63) is 148 Å². The monoisotopic (exact) mass is 718 g/mol. The summed E-state index contributed by atoms with van der Waals surface area (Å²) in [7, 11) is 0. The lowest BCUT2D eigenvalue weighted by Gasteiger charge is -2.34. The van der Waals surface area contributed by atoms with Gasteiger partial charge in [-0.25, -0.2) is 4.98 Å². The van der Waals surface area contributed by atoms with E-state index in [1.807, 2.05) is 61.2 Å². The molecule has 0 aliphatic carbocycles. The first-order chi connectivity index (χ1) is 24.8. The van der Waals surface area contributed by atoms with Crippen LogP contribution < -0.4 is 14.2 Å². The molecule has 0 radical (unpaired) electrons. The van der Waals surface area contributed by atoms with Gasteiger partial charge >= 0.3 is 0 Å². The van der Waals surface area contributed by atoms with Crippen LogP contribution >= 0.6 is 12.4 Å². The minimum absolute atomic E-state index is 0. The largest absolute Gasteiger partial charge is 0.493 e. The van der Waals surface area contributed by atoms with Gasteiger partial charge in [0.2, 0.25) is 11.8 Å². The van der Waals surface area contributed by atoms with Crippen molar-refractivity contribution in [3.8, 4) is 23.1 Å². The quantitative estimate of drug-likeness (QED) is 0.113. The molecule has 1 amide bonds. The van der Waals surface area contributed by atoms with Crippen molar-refractivity contribution < 1.29 is 19.0 Å². The predicted octanol–water partition coefficient (Wildman–Crippen LogP) is 8.48. The van der Waals surface area contributed by atoms with Crippen molar-refractivity contribution >= 4 is 24.4 Å². The molecule has 9 heteroatoms. The summed E-state index contributed by atoms with van der Waals surface area (Å²) in [6.07, 6.45) is 9.59. The van der Waals surface area contributed by atoms with Gasteiger partial charge in [-0.2, -0.15) is 0 Å². The molecule has 0 unspecified atom stereocenters. The van der Waals surface area contributed by atoms with Crippen LogP contribution in [0.25, 0.3) is 6.08 Å². The van der Waals surface area contributed by atoms with E-state index in [1.54, 1.807) is 30.7 Å². The highest BCUT2D eigenvalue weighted by Gasteiger charge is 2.20. The first-order valence-electron chi connectivity index (χ1n) is 17.5. The van der Waals surface area contributed by atoms with Gasteiger partial charge < -0.3 is 19.1 Å². The van der Waals surface area contributed by atoms with E-state index < -0.39 is 0 Å². The van der Waals surface area contributed by atoms with Crippen LogP contribution in [-0.2, 0) is 24.4 Å². The first-order valence-corrected chi connectivity index (χ1v) is 17.5. The molecule has 0 N–H and O–H groups in total. The molecular weight excluding hydrogens is 672 g/mol. The number of ether oxygens (including phenoxy) is 3. The normalized spacial score (nSPS) is 13.1. The maximum absolute atomic E-state index is 13.1. The molecule has 0 spiro atoms. The van der Waals surface area contributed by atoms with E-state index in [1.165, 1.54) is 22.3 Å². The Labute approximate surface area is 313 Å². The van der Waals surface area contributed by atoms with Crippen LogP contribution in [-0.4, -0.2) is 58.5 Å². The number of aromatic nitrogens is 2. The van der Waals surface area contributed by atoms with Crippen LogP contribution in [0.15, 0.2) is 104 Å². The molecule has 0 bridgehead atoms. The van der Waals surface area contributed by atoms with E-state index >= 15 is 0 Å². The number of hydrogen-bond donors (Lipinski definition) is 0. The number of aryl methyl sites for hydroxylation is 4. The van der Waals surface area contributed by atoms with E-state index in [0.29, 0.717) is 37.9 Å². The van der Waals surface area contributed by atoms with Gasteiger partial charge in [0.15, 0.2) is 0 Å². The SMILES string of the molecule is Cc1ccc(OCCc2ccc(CN3CCN(C(=O)/C=C/c4cc(C)c(Oc5ccc(OCc6ccncc6)cn5)c(C)c4)CC3)cc2)cc1C.Cl. The highest BCUT2D eigenvalue weighted by Crippen LogP contribution is 2.30.